The molecule has 0 bridgehead atoms. The fourth-order valence-corrected chi connectivity index (χ4v) is 3.15. The topological polar surface area (TPSA) is 70.2 Å². The fourth-order valence-electron chi connectivity index (χ4n) is 3.15. The van der Waals surface area contributed by atoms with Crippen LogP contribution in [0.5, 0.6) is 0 Å². The van der Waals surface area contributed by atoms with Gasteiger partial charge in [-0.25, -0.2) is 4.39 Å². The molecule has 1 saturated heterocycles. The molecule has 0 saturated carbocycles. The summed E-state index contributed by atoms with van der Waals surface area (Å²) in [7, 11) is 0. The molecule has 1 aromatic rings. The van der Waals surface area contributed by atoms with Gasteiger partial charge in [-0.3, -0.25) is 9.59 Å². The Morgan fingerprint density at radius 3 is 2.84 bits per heavy atom. The molecule has 0 aliphatic carbocycles. The lowest BCUT2D eigenvalue weighted by Gasteiger charge is -2.28. The van der Waals surface area contributed by atoms with Crippen LogP contribution in [0.1, 0.15) is 43.0 Å². The summed E-state index contributed by atoms with van der Waals surface area (Å²) in [6.07, 6.45) is 3.56. The first-order chi connectivity index (χ1) is 12.1. The Kier molecular flexibility index (Phi) is 7.85. The van der Waals surface area contributed by atoms with Crippen LogP contribution in [0.4, 0.5) is 4.39 Å². The molecule has 6 heteroatoms. The number of benzene rings is 1. The smallest absolute Gasteiger partial charge is 0.251 e. The molecule has 2 unspecified atom stereocenters. The molecule has 1 aromatic carbocycles. The lowest BCUT2D eigenvalue weighted by molar-refractivity contribution is -0.122. The fraction of sp³-hybridized carbons (Fsp3) is 0.579. The van der Waals surface area contributed by atoms with Crippen LogP contribution in [0, 0.1) is 17.7 Å². The van der Waals surface area contributed by atoms with Crippen molar-refractivity contribution in [3.05, 3.63) is 35.6 Å². The van der Waals surface area contributed by atoms with Gasteiger partial charge in [0.2, 0.25) is 5.91 Å². The molecule has 138 valence electrons. The summed E-state index contributed by atoms with van der Waals surface area (Å²) in [6, 6.07) is 5.59. The van der Waals surface area contributed by atoms with Gasteiger partial charge in [-0.15, -0.1) is 0 Å². The van der Waals surface area contributed by atoms with E-state index in [1.54, 1.807) is 6.07 Å². The van der Waals surface area contributed by atoms with Gasteiger partial charge in [-0.2, -0.15) is 0 Å². The molecule has 1 heterocycles. The Labute approximate surface area is 148 Å². The van der Waals surface area contributed by atoms with Crippen molar-refractivity contribution in [3.63, 3.8) is 0 Å². The number of carbonyl (C=O) groups is 2. The van der Waals surface area contributed by atoms with Crippen molar-refractivity contribution in [2.45, 2.75) is 32.6 Å². The minimum Gasteiger partial charge on any atom is -0.356 e. The van der Waals surface area contributed by atoms with E-state index in [2.05, 4.69) is 22.9 Å². The van der Waals surface area contributed by atoms with Gasteiger partial charge < -0.3 is 16.0 Å². The summed E-state index contributed by atoms with van der Waals surface area (Å²) < 4.78 is 13.1. The Morgan fingerprint density at radius 1 is 1.32 bits per heavy atom. The van der Waals surface area contributed by atoms with E-state index in [-0.39, 0.29) is 11.8 Å². The van der Waals surface area contributed by atoms with Gasteiger partial charge in [0.25, 0.3) is 5.91 Å². The molecule has 1 aliphatic heterocycles. The summed E-state index contributed by atoms with van der Waals surface area (Å²) in [5.74, 6) is 0.284. The van der Waals surface area contributed by atoms with Crippen molar-refractivity contribution >= 4 is 11.8 Å². The molecule has 2 atom stereocenters. The number of amides is 2. The molecular weight excluding hydrogens is 321 g/mol. The van der Waals surface area contributed by atoms with Crippen molar-refractivity contribution in [2.24, 2.45) is 11.8 Å². The molecule has 1 aliphatic rings. The highest BCUT2D eigenvalue weighted by Crippen LogP contribution is 2.22. The van der Waals surface area contributed by atoms with Crippen LogP contribution in [0.15, 0.2) is 24.3 Å². The zero-order chi connectivity index (χ0) is 18.1. The molecule has 0 aromatic heterocycles. The summed E-state index contributed by atoms with van der Waals surface area (Å²) in [5.41, 5.74) is 0.305. The minimum absolute atomic E-state index is 0.0644. The van der Waals surface area contributed by atoms with Gasteiger partial charge in [-0.05, 0) is 62.4 Å². The summed E-state index contributed by atoms with van der Waals surface area (Å²) in [6.45, 7) is 5.18. The van der Waals surface area contributed by atoms with Crippen LogP contribution in [-0.2, 0) is 4.79 Å². The molecule has 1 fully saturated rings. The van der Waals surface area contributed by atoms with Crippen LogP contribution >= 0.6 is 0 Å². The predicted molar refractivity (Wildman–Crippen MR) is 95.7 cm³/mol. The third kappa shape index (κ3) is 6.82. The first-order valence-corrected chi connectivity index (χ1v) is 9.07. The second kappa shape index (κ2) is 10.1. The Balaban J connectivity index is 1.57. The normalized spacial score (nSPS) is 18.4. The van der Waals surface area contributed by atoms with E-state index < -0.39 is 5.82 Å². The molecular formula is C19H28FN3O2. The number of halogens is 1. The number of rotatable bonds is 8. The van der Waals surface area contributed by atoms with Gasteiger partial charge >= 0.3 is 0 Å². The zero-order valence-corrected chi connectivity index (χ0v) is 14.8. The van der Waals surface area contributed by atoms with E-state index in [0.717, 1.165) is 13.1 Å². The maximum absolute atomic E-state index is 13.1. The van der Waals surface area contributed by atoms with Gasteiger partial charge in [-0.1, -0.05) is 13.0 Å². The first-order valence-electron chi connectivity index (χ1n) is 9.07. The molecule has 2 rings (SSSR count). The molecule has 25 heavy (non-hydrogen) atoms. The van der Waals surface area contributed by atoms with E-state index in [0.29, 0.717) is 43.3 Å². The van der Waals surface area contributed by atoms with Crippen LogP contribution < -0.4 is 16.0 Å². The van der Waals surface area contributed by atoms with Gasteiger partial charge in [0, 0.05) is 25.1 Å². The summed E-state index contributed by atoms with van der Waals surface area (Å²) >= 11 is 0. The van der Waals surface area contributed by atoms with E-state index in [9.17, 15) is 14.0 Å². The second-order valence-electron chi connectivity index (χ2n) is 6.76. The van der Waals surface area contributed by atoms with E-state index in [1.807, 2.05) is 0 Å². The third-order valence-electron chi connectivity index (χ3n) is 4.70. The Bertz CT molecular complexity index is 574. The van der Waals surface area contributed by atoms with Gasteiger partial charge in [0.1, 0.15) is 5.82 Å². The highest BCUT2D eigenvalue weighted by Gasteiger charge is 2.21. The monoisotopic (exact) mass is 349 g/mol. The van der Waals surface area contributed by atoms with Crippen molar-refractivity contribution in [1.29, 1.82) is 0 Å². The van der Waals surface area contributed by atoms with E-state index in [4.69, 9.17) is 0 Å². The molecule has 0 radical (unpaired) electrons. The van der Waals surface area contributed by atoms with E-state index in [1.165, 1.54) is 31.0 Å². The SMILES string of the molecule is CC(CC(=O)NCCCNC(=O)c1cccc(F)c1)C1CCCNC1. The quantitative estimate of drug-likeness (QED) is 0.630. The van der Waals surface area contributed by atoms with Crippen molar-refractivity contribution in [1.82, 2.24) is 16.0 Å². The Morgan fingerprint density at radius 2 is 2.12 bits per heavy atom. The molecule has 0 spiro atoms. The number of piperidine rings is 1. The van der Waals surface area contributed by atoms with Crippen molar-refractivity contribution < 1.29 is 14.0 Å². The number of carbonyl (C=O) groups excluding carboxylic acids is 2. The minimum atomic E-state index is -0.429. The first kappa shape index (κ1) is 19.4. The van der Waals surface area contributed by atoms with Crippen LogP contribution in [0.25, 0.3) is 0 Å². The highest BCUT2D eigenvalue weighted by atomic mass is 19.1. The van der Waals surface area contributed by atoms with Crippen LogP contribution in [0.3, 0.4) is 0 Å². The van der Waals surface area contributed by atoms with E-state index >= 15 is 0 Å². The Hall–Kier alpha value is -1.95. The average Bonchev–Trinajstić information content (AvgIpc) is 2.62. The number of hydrogen-bond donors (Lipinski definition) is 3. The van der Waals surface area contributed by atoms with Crippen LogP contribution in [-0.4, -0.2) is 38.0 Å². The lowest BCUT2D eigenvalue weighted by Crippen LogP contribution is -2.36. The summed E-state index contributed by atoms with van der Waals surface area (Å²) in [5, 5.41) is 9.01. The number of nitrogens with one attached hydrogen (secondary N) is 3. The molecule has 2 amide bonds. The summed E-state index contributed by atoms with van der Waals surface area (Å²) in [4.78, 5) is 23.8. The molecule has 5 nitrogen and oxygen atoms in total. The standard InChI is InChI=1S/C19H28FN3O2/c1-14(16-6-3-8-21-13-16)11-18(24)22-9-4-10-23-19(25)15-5-2-7-17(20)12-15/h2,5,7,12,14,16,21H,3-4,6,8-11,13H2,1H3,(H,22,24)(H,23,25). The maximum atomic E-state index is 13.1. The number of hydrogen-bond acceptors (Lipinski definition) is 3. The van der Waals surface area contributed by atoms with Crippen LogP contribution in [0.2, 0.25) is 0 Å². The average molecular weight is 349 g/mol. The highest BCUT2D eigenvalue weighted by molar-refractivity contribution is 5.94. The van der Waals surface area contributed by atoms with Gasteiger partial charge in [0.15, 0.2) is 0 Å². The third-order valence-corrected chi connectivity index (χ3v) is 4.70. The largest absolute Gasteiger partial charge is 0.356 e. The predicted octanol–water partition coefficient (Wildman–Crippen LogP) is 2.09. The second-order valence-corrected chi connectivity index (χ2v) is 6.76. The van der Waals surface area contributed by atoms with Crippen molar-refractivity contribution in [3.8, 4) is 0 Å². The molecule has 3 N–H and O–H groups in total. The zero-order valence-electron chi connectivity index (χ0n) is 14.8. The maximum Gasteiger partial charge on any atom is 0.251 e. The lowest BCUT2D eigenvalue weighted by atomic mass is 9.85. The van der Waals surface area contributed by atoms with Crippen molar-refractivity contribution in [2.75, 3.05) is 26.2 Å². The van der Waals surface area contributed by atoms with Gasteiger partial charge in [0.05, 0.1) is 0 Å².